The zero-order valence-electron chi connectivity index (χ0n) is 17.8. The number of carboxylic acid groups (broad SMARTS) is 1. The van der Waals surface area contributed by atoms with Crippen LogP contribution in [0.1, 0.15) is 63.5 Å². The smallest absolute Gasteiger partial charge is 0.328 e. The van der Waals surface area contributed by atoms with Gasteiger partial charge < -0.3 is 9.84 Å². The highest BCUT2D eigenvalue weighted by molar-refractivity contribution is 5.81. The van der Waals surface area contributed by atoms with Crippen LogP contribution >= 0.6 is 0 Å². The molecule has 5 rings (SSSR count). The van der Waals surface area contributed by atoms with Gasteiger partial charge in [0.25, 0.3) is 0 Å². The molecular formula is C26H32O3. The van der Waals surface area contributed by atoms with Gasteiger partial charge in [-0.25, -0.2) is 4.79 Å². The van der Waals surface area contributed by atoms with E-state index in [1.807, 2.05) is 18.2 Å². The van der Waals surface area contributed by atoms with Crippen LogP contribution in [-0.4, -0.2) is 18.2 Å². The molecule has 0 saturated heterocycles. The summed E-state index contributed by atoms with van der Waals surface area (Å²) < 4.78 is 5.89. The van der Waals surface area contributed by atoms with Gasteiger partial charge in [-0.1, -0.05) is 30.4 Å². The van der Waals surface area contributed by atoms with E-state index < -0.39 is 5.97 Å². The molecule has 0 spiro atoms. The van der Waals surface area contributed by atoms with Crippen molar-refractivity contribution in [2.24, 2.45) is 17.8 Å². The van der Waals surface area contributed by atoms with E-state index in [1.54, 1.807) is 14.0 Å². The first kappa shape index (κ1) is 20.0. The van der Waals surface area contributed by atoms with E-state index in [2.05, 4.69) is 25.1 Å². The van der Waals surface area contributed by atoms with E-state index in [1.165, 1.54) is 50.2 Å². The average molecular weight is 393 g/mol. The Morgan fingerprint density at radius 2 is 1.72 bits per heavy atom. The summed E-state index contributed by atoms with van der Waals surface area (Å²) in [6.07, 6.45) is 15.3. The fourth-order valence-electron chi connectivity index (χ4n) is 6.50. The summed E-state index contributed by atoms with van der Waals surface area (Å²) in [6.45, 7) is 3.87. The molecule has 0 radical (unpaired) electrons. The summed E-state index contributed by atoms with van der Waals surface area (Å²) in [7, 11) is 1.79. The number of aliphatic carboxylic acids is 1. The fourth-order valence-corrected chi connectivity index (χ4v) is 6.50. The van der Waals surface area contributed by atoms with Crippen molar-refractivity contribution in [2.75, 3.05) is 7.11 Å². The van der Waals surface area contributed by atoms with Gasteiger partial charge in [0.05, 0.1) is 7.11 Å². The highest BCUT2D eigenvalue weighted by Crippen LogP contribution is 2.61. The molecule has 1 aromatic carbocycles. The van der Waals surface area contributed by atoms with Crippen molar-refractivity contribution in [1.29, 1.82) is 0 Å². The molecule has 4 aliphatic rings. The molecule has 0 heterocycles. The van der Waals surface area contributed by atoms with Crippen LogP contribution in [0.5, 0.6) is 5.75 Å². The van der Waals surface area contributed by atoms with Gasteiger partial charge in [0.1, 0.15) is 5.75 Å². The predicted molar refractivity (Wildman–Crippen MR) is 117 cm³/mol. The van der Waals surface area contributed by atoms with Crippen LogP contribution in [0.25, 0.3) is 5.57 Å². The predicted octanol–water partition coefficient (Wildman–Crippen LogP) is 6.15. The Morgan fingerprint density at radius 3 is 2.28 bits per heavy atom. The third-order valence-corrected chi connectivity index (χ3v) is 7.32. The zero-order valence-corrected chi connectivity index (χ0v) is 17.8. The first-order valence-corrected chi connectivity index (χ1v) is 10.8. The Morgan fingerprint density at radius 1 is 1.10 bits per heavy atom. The maximum absolute atomic E-state index is 10.7. The Hall–Kier alpha value is -2.29. The van der Waals surface area contributed by atoms with Crippen molar-refractivity contribution in [3.05, 3.63) is 59.2 Å². The van der Waals surface area contributed by atoms with Gasteiger partial charge in [-0.05, 0) is 98.3 Å². The van der Waals surface area contributed by atoms with Gasteiger partial charge in [0, 0.05) is 11.6 Å². The van der Waals surface area contributed by atoms with Crippen LogP contribution in [0.2, 0.25) is 0 Å². The lowest BCUT2D eigenvalue weighted by atomic mass is 9.48. The van der Waals surface area contributed by atoms with E-state index in [4.69, 9.17) is 9.84 Å². The molecule has 1 aromatic rings. The van der Waals surface area contributed by atoms with E-state index in [-0.39, 0.29) is 0 Å². The SMILES string of the molecule is COc1cc(C(C)=CC=CC(C)=CC(=O)O)ccc1C12CC3CC(CC(C3)C1)C2. The molecule has 0 aliphatic heterocycles. The number of rotatable bonds is 6. The van der Waals surface area contributed by atoms with Gasteiger partial charge in [-0.3, -0.25) is 0 Å². The summed E-state index contributed by atoms with van der Waals surface area (Å²) in [5.41, 5.74) is 4.76. The average Bonchev–Trinajstić information content (AvgIpc) is 2.65. The van der Waals surface area contributed by atoms with Gasteiger partial charge >= 0.3 is 5.97 Å². The molecule has 4 fully saturated rings. The summed E-state index contributed by atoms with van der Waals surface area (Å²) in [5.74, 6) is 2.86. The maximum atomic E-state index is 10.7. The van der Waals surface area contributed by atoms with Gasteiger partial charge in [-0.2, -0.15) is 0 Å². The van der Waals surface area contributed by atoms with Gasteiger partial charge in [-0.15, -0.1) is 0 Å². The number of benzene rings is 1. The molecule has 4 aliphatic carbocycles. The normalized spacial score (nSPS) is 31.5. The molecule has 1 N–H and O–H groups in total. The third kappa shape index (κ3) is 4.05. The number of hydrogen-bond donors (Lipinski definition) is 1. The quantitative estimate of drug-likeness (QED) is 0.466. The van der Waals surface area contributed by atoms with E-state index in [0.717, 1.165) is 40.2 Å². The van der Waals surface area contributed by atoms with E-state index in [0.29, 0.717) is 5.41 Å². The van der Waals surface area contributed by atoms with Crippen molar-refractivity contribution in [1.82, 2.24) is 0 Å². The van der Waals surface area contributed by atoms with E-state index >= 15 is 0 Å². The summed E-state index contributed by atoms with van der Waals surface area (Å²) in [6, 6.07) is 6.74. The minimum Gasteiger partial charge on any atom is -0.496 e. The molecule has 0 atom stereocenters. The molecule has 29 heavy (non-hydrogen) atoms. The molecule has 0 aromatic heterocycles. The molecule has 0 amide bonds. The van der Waals surface area contributed by atoms with Crippen LogP contribution < -0.4 is 4.74 Å². The van der Waals surface area contributed by atoms with Crippen molar-refractivity contribution >= 4 is 11.5 Å². The lowest BCUT2D eigenvalue weighted by Crippen LogP contribution is -2.48. The monoisotopic (exact) mass is 392 g/mol. The fraction of sp³-hybridized carbons (Fsp3) is 0.500. The summed E-state index contributed by atoms with van der Waals surface area (Å²) in [5, 5.41) is 8.80. The van der Waals surface area contributed by atoms with Crippen molar-refractivity contribution in [2.45, 2.75) is 57.8 Å². The number of carboxylic acids is 1. The second-order valence-corrected chi connectivity index (χ2v) is 9.55. The summed E-state index contributed by atoms with van der Waals surface area (Å²) in [4.78, 5) is 10.7. The van der Waals surface area contributed by atoms with Gasteiger partial charge in [0.15, 0.2) is 0 Å². The van der Waals surface area contributed by atoms with Crippen LogP contribution in [0, 0.1) is 17.8 Å². The van der Waals surface area contributed by atoms with Gasteiger partial charge in [0.2, 0.25) is 0 Å². The van der Waals surface area contributed by atoms with Crippen molar-refractivity contribution in [3.63, 3.8) is 0 Å². The number of ether oxygens (including phenoxy) is 1. The van der Waals surface area contributed by atoms with Crippen LogP contribution in [0.15, 0.2) is 48.1 Å². The Kier molecular flexibility index (Phi) is 5.42. The number of methoxy groups -OCH3 is 1. The topological polar surface area (TPSA) is 46.5 Å². The summed E-state index contributed by atoms with van der Waals surface area (Å²) >= 11 is 0. The second-order valence-electron chi connectivity index (χ2n) is 9.55. The van der Waals surface area contributed by atoms with Crippen LogP contribution in [0.4, 0.5) is 0 Å². The molecular weight excluding hydrogens is 360 g/mol. The lowest BCUT2D eigenvalue weighted by molar-refractivity contribution is -0.131. The third-order valence-electron chi connectivity index (χ3n) is 7.32. The molecule has 0 unspecified atom stereocenters. The molecule has 154 valence electrons. The Bertz CT molecular complexity index is 852. The second kappa shape index (κ2) is 7.85. The van der Waals surface area contributed by atoms with Crippen molar-refractivity contribution < 1.29 is 14.6 Å². The van der Waals surface area contributed by atoms with E-state index in [9.17, 15) is 4.79 Å². The largest absolute Gasteiger partial charge is 0.496 e. The molecule has 4 saturated carbocycles. The Labute approximate surface area is 174 Å². The highest BCUT2D eigenvalue weighted by Gasteiger charge is 2.52. The first-order valence-electron chi connectivity index (χ1n) is 10.8. The van der Waals surface area contributed by atoms with Crippen molar-refractivity contribution in [3.8, 4) is 5.75 Å². The molecule has 4 bridgehead atoms. The molecule has 3 nitrogen and oxygen atoms in total. The standard InChI is InChI=1S/C26H32O3/c1-17(9-25(27)28)5-4-6-18(2)22-7-8-23(24(13-22)29-3)26-14-19-10-20(15-26)12-21(11-19)16-26/h4-9,13,19-21H,10-12,14-16H2,1-3H3,(H,27,28). The molecule has 3 heteroatoms. The maximum Gasteiger partial charge on any atom is 0.328 e. The number of hydrogen-bond acceptors (Lipinski definition) is 2. The zero-order chi connectivity index (χ0) is 20.6. The lowest BCUT2D eigenvalue weighted by Gasteiger charge is -2.57. The highest BCUT2D eigenvalue weighted by atomic mass is 16.5. The first-order chi connectivity index (χ1) is 13.9. The number of carbonyl (C=O) groups is 1. The van der Waals surface area contributed by atoms with Crippen LogP contribution in [-0.2, 0) is 10.2 Å². The minimum absolute atomic E-state index is 0.328. The minimum atomic E-state index is -0.919. The Balaban J connectivity index is 1.58. The van der Waals surface area contributed by atoms with Crippen LogP contribution in [0.3, 0.4) is 0 Å². The number of allylic oxidation sites excluding steroid dienone is 5.